The van der Waals surface area contributed by atoms with Gasteiger partial charge in [0, 0.05) is 17.8 Å². The van der Waals surface area contributed by atoms with E-state index >= 15 is 0 Å². The lowest BCUT2D eigenvalue weighted by Crippen LogP contribution is -2.09. The molecular formula is C14H9F3N4O. The van der Waals surface area contributed by atoms with Crippen LogP contribution in [0.3, 0.4) is 0 Å². The number of para-hydroxylation sites is 1. The summed E-state index contributed by atoms with van der Waals surface area (Å²) in [5.41, 5.74) is 4.69. The molecule has 0 bridgehead atoms. The maximum atomic E-state index is 13.0. The lowest BCUT2D eigenvalue weighted by atomic mass is 10.1. The number of nitrogens with zero attached hydrogens (tertiary/aromatic N) is 3. The number of benzene rings is 1. The number of hydrogen-bond donors (Lipinski definition) is 1. The first-order chi connectivity index (χ1) is 10.4. The molecule has 112 valence electrons. The molecule has 0 aliphatic rings. The minimum Gasteiger partial charge on any atom is -0.366 e. The second kappa shape index (κ2) is 4.83. The molecule has 1 aromatic carbocycles. The maximum Gasteiger partial charge on any atom is 0.418 e. The van der Waals surface area contributed by atoms with Gasteiger partial charge in [0.15, 0.2) is 0 Å². The predicted octanol–water partition coefficient (Wildman–Crippen LogP) is 2.54. The molecule has 3 aromatic rings. The van der Waals surface area contributed by atoms with Crippen molar-refractivity contribution in [2.45, 2.75) is 6.18 Å². The van der Waals surface area contributed by atoms with Gasteiger partial charge >= 0.3 is 6.18 Å². The molecule has 0 atom stereocenters. The number of alkyl halides is 3. The molecule has 2 N–H and O–H groups in total. The highest BCUT2D eigenvalue weighted by Crippen LogP contribution is 2.35. The fourth-order valence-electron chi connectivity index (χ4n) is 2.17. The summed E-state index contributed by atoms with van der Waals surface area (Å²) < 4.78 is 40.4. The van der Waals surface area contributed by atoms with Crippen molar-refractivity contribution in [1.29, 1.82) is 0 Å². The molecule has 2 aromatic heterocycles. The van der Waals surface area contributed by atoms with Crippen LogP contribution in [0.1, 0.15) is 15.9 Å². The summed E-state index contributed by atoms with van der Waals surface area (Å²) in [4.78, 5) is 14.9. The Kier molecular flexibility index (Phi) is 3.09. The lowest BCUT2D eigenvalue weighted by molar-refractivity contribution is -0.136. The highest BCUT2D eigenvalue weighted by Gasteiger charge is 2.33. The first-order valence-corrected chi connectivity index (χ1v) is 6.17. The Bertz CT molecular complexity index is 870. The van der Waals surface area contributed by atoms with E-state index in [-0.39, 0.29) is 16.5 Å². The van der Waals surface area contributed by atoms with E-state index in [2.05, 4.69) is 10.1 Å². The third-order valence-electron chi connectivity index (χ3n) is 3.17. The summed E-state index contributed by atoms with van der Waals surface area (Å²) >= 11 is 0. The highest BCUT2D eigenvalue weighted by atomic mass is 19.4. The van der Waals surface area contributed by atoms with E-state index in [1.807, 2.05) is 0 Å². The molecule has 0 spiro atoms. The number of aromatic nitrogens is 3. The Balaban J connectivity index is 2.25. The van der Waals surface area contributed by atoms with Crippen molar-refractivity contribution in [3.8, 4) is 5.69 Å². The zero-order valence-corrected chi connectivity index (χ0v) is 11.0. The quantitative estimate of drug-likeness (QED) is 0.790. The summed E-state index contributed by atoms with van der Waals surface area (Å²) in [6, 6.07) is 5.30. The molecule has 0 saturated heterocycles. The Labute approximate surface area is 122 Å². The summed E-state index contributed by atoms with van der Waals surface area (Å²) in [5.74, 6) is -0.666. The smallest absolute Gasteiger partial charge is 0.366 e. The van der Waals surface area contributed by atoms with E-state index in [4.69, 9.17) is 5.73 Å². The van der Waals surface area contributed by atoms with Crippen LogP contribution in [0.2, 0.25) is 0 Å². The zero-order chi connectivity index (χ0) is 15.9. The average molecular weight is 306 g/mol. The van der Waals surface area contributed by atoms with Crippen LogP contribution >= 0.6 is 0 Å². The van der Waals surface area contributed by atoms with E-state index in [0.717, 1.165) is 6.07 Å². The third kappa shape index (κ3) is 2.28. The molecule has 0 unspecified atom stereocenters. The first-order valence-electron chi connectivity index (χ1n) is 6.17. The lowest BCUT2D eigenvalue weighted by Gasteiger charge is -2.11. The topological polar surface area (TPSA) is 73.8 Å². The monoisotopic (exact) mass is 306 g/mol. The van der Waals surface area contributed by atoms with Crippen molar-refractivity contribution in [3.05, 3.63) is 54.0 Å². The number of carbonyl (C=O) groups excluding carboxylic acids is 1. The summed E-state index contributed by atoms with van der Waals surface area (Å²) in [7, 11) is 0. The van der Waals surface area contributed by atoms with Crippen LogP contribution in [0.15, 0.2) is 42.9 Å². The van der Waals surface area contributed by atoms with Gasteiger partial charge in [-0.25, -0.2) is 4.68 Å². The summed E-state index contributed by atoms with van der Waals surface area (Å²) in [5, 5.41) is 4.23. The van der Waals surface area contributed by atoms with Gasteiger partial charge < -0.3 is 5.73 Å². The molecule has 22 heavy (non-hydrogen) atoms. The molecule has 0 aliphatic carbocycles. The van der Waals surface area contributed by atoms with Crippen molar-refractivity contribution in [3.63, 3.8) is 0 Å². The average Bonchev–Trinajstić information content (AvgIpc) is 2.94. The molecule has 5 nitrogen and oxygen atoms in total. The fourth-order valence-corrected chi connectivity index (χ4v) is 2.17. The Hall–Kier alpha value is -2.90. The van der Waals surface area contributed by atoms with E-state index in [1.54, 1.807) is 0 Å². The number of hydrogen-bond acceptors (Lipinski definition) is 3. The van der Waals surface area contributed by atoms with Crippen LogP contribution in [0.5, 0.6) is 0 Å². The van der Waals surface area contributed by atoms with Gasteiger partial charge in [-0.15, -0.1) is 0 Å². The summed E-state index contributed by atoms with van der Waals surface area (Å²) in [6.45, 7) is 0. The molecule has 8 heteroatoms. The number of carbonyl (C=O) groups is 1. The van der Waals surface area contributed by atoms with Gasteiger partial charge in [0.1, 0.15) is 0 Å². The van der Waals surface area contributed by atoms with Crippen molar-refractivity contribution >= 4 is 16.8 Å². The van der Waals surface area contributed by atoms with Crippen LogP contribution in [0.25, 0.3) is 16.6 Å². The number of primary amides is 1. The zero-order valence-electron chi connectivity index (χ0n) is 11.0. The van der Waals surface area contributed by atoms with Gasteiger partial charge in [-0.1, -0.05) is 12.1 Å². The SMILES string of the molecule is NC(=O)c1cnn(-c2ccnc3c(C(F)(F)F)cccc23)c1. The number of rotatable bonds is 2. The van der Waals surface area contributed by atoms with E-state index in [9.17, 15) is 18.0 Å². The molecule has 3 rings (SSSR count). The Morgan fingerprint density at radius 3 is 2.64 bits per heavy atom. The molecule has 0 radical (unpaired) electrons. The van der Waals surface area contributed by atoms with Crippen LogP contribution in [-0.4, -0.2) is 20.7 Å². The number of amides is 1. The minimum absolute atomic E-state index is 0.164. The van der Waals surface area contributed by atoms with Crippen LogP contribution in [0, 0.1) is 0 Å². The van der Waals surface area contributed by atoms with Crippen LogP contribution in [0.4, 0.5) is 13.2 Å². The van der Waals surface area contributed by atoms with Crippen molar-refractivity contribution in [2.75, 3.05) is 0 Å². The number of nitrogens with two attached hydrogens (primary N) is 1. The Morgan fingerprint density at radius 1 is 1.23 bits per heavy atom. The standard InChI is InChI=1S/C14H9F3N4O/c15-14(16,17)10-3-1-2-9-11(4-5-19-12(9)10)21-7-8(6-20-21)13(18)22/h1-7H,(H2,18,22). The van der Waals surface area contributed by atoms with Gasteiger partial charge in [-0.2, -0.15) is 18.3 Å². The maximum absolute atomic E-state index is 13.0. The van der Waals surface area contributed by atoms with Crippen LogP contribution in [-0.2, 0) is 6.18 Å². The molecule has 0 aliphatic heterocycles. The predicted molar refractivity (Wildman–Crippen MR) is 72.4 cm³/mol. The fraction of sp³-hybridized carbons (Fsp3) is 0.0714. The second-order valence-electron chi connectivity index (χ2n) is 4.57. The van der Waals surface area contributed by atoms with Crippen molar-refractivity contribution in [1.82, 2.24) is 14.8 Å². The molecular weight excluding hydrogens is 297 g/mol. The van der Waals surface area contributed by atoms with Gasteiger partial charge in [0.25, 0.3) is 5.91 Å². The highest BCUT2D eigenvalue weighted by molar-refractivity contribution is 5.93. The van der Waals surface area contributed by atoms with Gasteiger partial charge in [0.05, 0.1) is 28.5 Å². The van der Waals surface area contributed by atoms with Crippen molar-refractivity contribution < 1.29 is 18.0 Å². The molecule has 1 amide bonds. The number of pyridine rings is 1. The van der Waals surface area contributed by atoms with E-state index in [0.29, 0.717) is 5.69 Å². The van der Waals surface area contributed by atoms with Gasteiger partial charge in [0.2, 0.25) is 0 Å². The molecule has 0 fully saturated rings. The normalized spacial score (nSPS) is 11.8. The van der Waals surface area contributed by atoms with E-state index in [1.165, 1.54) is 41.5 Å². The number of fused-ring (bicyclic) bond motifs is 1. The third-order valence-corrected chi connectivity index (χ3v) is 3.17. The minimum atomic E-state index is -4.51. The van der Waals surface area contributed by atoms with Crippen LogP contribution < -0.4 is 5.73 Å². The number of halogens is 3. The first kappa shape index (κ1) is 14.1. The largest absolute Gasteiger partial charge is 0.418 e. The molecule has 0 saturated carbocycles. The Morgan fingerprint density at radius 2 is 2.00 bits per heavy atom. The van der Waals surface area contributed by atoms with Gasteiger partial charge in [-0.05, 0) is 12.1 Å². The van der Waals surface area contributed by atoms with E-state index < -0.39 is 17.6 Å². The van der Waals surface area contributed by atoms with Crippen molar-refractivity contribution in [2.24, 2.45) is 5.73 Å². The summed E-state index contributed by atoms with van der Waals surface area (Å²) in [6.07, 6.45) is -0.633. The molecule has 2 heterocycles. The van der Waals surface area contributed by atoms with Gasteiger partial charge in [-0.3, -0.25) is 9.78 Å². The second-order valence-corrected chi connectivity index (χ2v) is 4.57.